The smallest absolute Gasteiger partial charge is 0.255 e. The van der Waals surface area contributed by atoms with E-state index >= 15 is 0 Å². The van der Waals surface area contributed by atoms with Crippen molar-refractivity contribution in [2.24, 2.45) is 0 Å². The second-order valence-corrected chi connectivity index (χ2v) is 6.03. The van der Waals surface area contributed by atoms with E-state index in [4.69, 9.17) is 4.74 Å². The first-order chi connectivity index (χ1) is 13.7. The average Bonchev–Trinajstić information content (AvgIpc) is 2.74. The quantitative estimate of drug-likeness (QED) is 0.660. The standard InChI is InChI=1S/C22H21N3O3/c1-2-28-20-8-6-19(7-9-20)25-22(27)18-5-3-4-17(14-18)21(26)24-15-16-10-12-23-13-11-16/h3-14H,2,15H2,1H3,(H,24,26)(H,25,27). The van der Waals surface area contributed by atoms with Crippen molar-refractivity contribution < 1.29 is 14.3 Å². The lowest BCUT2D eigenvalue weighted by atomic mass is 10.1. The van der Waals surface area contributed by atoms with Crippen molar-refractivity contribution >= 4 is 17.5 Å². The van der Waals surface area contributed by atoms with Gasteiger partial charge in [-0.25, -0.2) is 0 Å². The van der Waals surface area contributed by atoms with Gasteiger partial charge in [-0.1, -0.05) is 6.07 Å². The van der Waals surface area contributed by atoms with Crippen LogP contribution in [0.25, 0.3) is 0 Å². The van der Waals surface area contributed by atoms with Crippen LogP contribution in [0.15, 0.2) is 73.1 Å². The summed E-state index contributed by atoms with van der Waals surface area (Å²) >= 11 is 0. The molecular weight excluding hydrogens is 354 g/mol. The van der Waals surface area contributed by atoms with Gasteiger partial charge in [0.1, 0.15) is 5.75 Å². The van der Waals surface area contributed by atoms with Gasteiger partial charge in [0.05, 0.1) is 6.61 Å². The molecule has 0 aliphatic carbocycles. The van der Waals surface area contributed by atoms with Crippen molar-refractivity contribution in [2.45, 2.75) is 13.5 Å². The monoisotopic (exact) mass is 375 g/mol. The van der Waals surface area contributed by atoms with Crippen LogP contribution in [0, 0.1) is 0 Å². The van der Waals surface area contributed by atoms with Gasteiger partial charge in [0.25, 0.3) is 11.8 Å². The third-order valence-corrected chi connectivity index (χ3v) is 4.01. The van der Waals surface area contributed by atoms with E-state index in [1.54, 1.807) is 60.9 Å². The van der Waals surface area contributed by atoms with Gasteiger partial charge in [0, 0.05) is 35.8 Å². The zero-order chi connectivity index (χ0) is 19.8. The maximum absolute atomic E-state index is 12.5. The topological polar surface area (TPSA) is 80.3 Å². The van der Waals surface area contributed by atoms with E-state index in [9.17, 15) is 9.59 Å². The molecule has 1 aromatic heterocycles. The molecule has 0 bridgehead atoms. The molecular formula is C22H21N3O3. The van der Waals surface area contributed by atoms with Gasteiger partial charge in [0.2, 0.25) is 0 Å². The van der Waals surface area contributed by atoms with Gasteiger partial charge in [-0.3, -0.25) is 14.6 Å². The summed E-state index contributed by atoms with van der Waals surface area (Å²) in [4.78, 5) is 28.8. The van der Waals surface area contributed by atoms with Gasteiger partial charge in [-0.2, -0.15) is 0 Å². The molecule has 3 aromatic rings. The average molecular weight is 375 g/mol. The summed E-state index contributed by atoms with van der Waals surface area (Å²) in [5, 5.41) is 5.66. The van der Waals surface area contributed by atoms with Crippen LogP contribution < -0.4 is 15.4 Å². The van der Waals surface area contributed by atoms with E-state index in [1.165, 1.54) is 0 Å². The van der Waals surface area contributed by atoms with Crippen molar-refractivity contribution in [1.29, 1.82) is 0 Å². The number of amides is 2. The number of ether oxygens (including phenoxy) is 1. The lowest BCUT2D eigenvalue weighted by Gasteiger charge is -2.09. The Kier molecular flexibility index (Phi) is 6.36. The first-order valence-electron chi connectivity index (χ1n) is 8.97. The highest BCUT2D eigenvalue weighted by Gasteiger charge is 2.11. The molecule has 0 aliphatic heterocycles. The number of pyridine rings is 1. The molecule has 2 N–H and O–H groups in total. The van der Waals surface area contributed by atoms with Crippen molar-refractivity contribution in [3.05, 3.63) is 89.7 Å². The predicted molar refractivity (Wildman–Crippen MR) is 107 cm³/mol. The molecule has 0 aliphatic rings. The number of aromatic nitrogens is 1. The van der Waals surface area contributed by atoms with Crippen LogP contribution in [0.4, 0.5) is 5.69 Å². The molecule has 0 saturated heterocycles. The fourth-order valence-corrected chi connectivity index (χ4v) is 2.59. The van der Waals surface area contributed by atoms with Crippen LogP contribution in [0.2, 0.25) is 0 Å². The Morgan fingerprint density at radius 1 is 0.929 bits per heavy atom. The fourth-order valence-electron chi connectivity index (χ4n) is 2.59. The molecule has 0 atom stereocenters. The molecule has 0 unspecified atom stereocenters. The summed E-state index contributed by atoms with van der Waals surface area (Å²) in [6, 6.07) is 17.4. The first-order valence-corrected chi connectivity index (χ1v) is 8.97. The minimum absolute atomic E-state index is 0.243. The largest absolute Gasteiger partial charge is 0.494 e. The lowest BCUT2D eigenvalue weighted by Crippen LogP contribution is -2.23. The van der Waals surface area contributed by atoms with E-state index in [0.29, 0.717) is 30.0 Å². The third-order valence-electron chi connectivity index (χ3n) is 4.01. The molecule has 3 rings (SSSR count). The van der Waals surface area contributed by atoms with Crippen molar-refractivity contribution in [2.75, 3.05) is 11.9 Å². The molecule has 0 radical (unpaired) electrons. The third kappa shape index (κ3) is 5.17. The predicted octanol–water partition coefficient (Wildman–Crippen LogP) is 3.66. The van der Waals surface area contributed by atoms with Crippen LogP contribution in [-0.4, -0.2) is 23.4 Å². The lowest BCUT2D eigenvalue weighted by molar-refractivity contribution is 0.0951. The van der Waals surface area contributed by atoms with Gasteiger partial charge < -0.3 is 15.4 Å². The molecule has 0 spiro atoms. The number of nitrogens with zero attached hydrogens (tertiary/aromatic N) is 1. The molecule has 6 heteroatoms. The van der Waals surface area contributed by atoms with Crippen molar-refractivity contribution in [1.82, 2.24) is 10.3 Å². The number of rotatable bonds is 7. The van der Waals surface area contributed by atoms with E-state index in [1.807, 2.05) is 19.1 Å². The van der Waals surface area contributed by atoms with Gasteiger partial charge in [0.15, 0.2) is 0 Å². The van der Waals surface area contributed by atoms with Gasteiger partial charge in [-0.05, 0) is 67.1 Å². The Labute approximate surface area is 163 Å². The van der Waals surface area contributed by atoms with Crippen LogP contribution in [0.1, 0.15) is 33.2 Å². The maximum atomic E-state index is 12.5. The number of nitrogens with one attached hydrogen (secondary N) is 2. The highest BCUT2D eigenvalue weighted by Crippen LogP contribution is 2.17. The molecule has 0 fully saturated rings. The van der Waals surface area contributed by atoms with Gasteiger partial charge in [-0.15, -0.1) is 0 Å². The Morgan fingerprint density at radius 2 is 1.61 bits per heavy atom. The minimum Gasteiger partial charge on any atom is -0.494 e. The molecule has 0 saturated carbocycles. The molecule has 2 amide bonds. The highest BCUT2D eigenvalue weighted by atomic mass is 16.5. The summed E-state index contributed by atoms with van der Waals surface area (Å²) in [5.41, 5.74) is 2.44. The van der Waals surface area contributed by atoms with Crippen molar-refractivity contribution in [3.63, 3.8) is 0 Å². The second-order valence-electron chi connectivity index (χ2n) is 6.03. The summed E-state index contributed by atoms with van der Waals surface area (Å²) in [5.74, 6) is 0.217. The van der Waals surface area contributed by atoms with Crippen LogP contribution in [0.3, 0.4) is 0 Å². The van der Waals surface area contributed by atoms with E-state index in [2.05, 4.69) is 15.6 Å². The van der Waals surface area contributed by atoms with Gasteiger partial charge >= 0.3 is 0 Å². The number of hydrogen-bond donors (Lipinski definition) is 2. The number of carbonyl (C=O) groups excluding carboxylic acids is 2. The molecule has 1 heterocycles. The number of carbonyl (C=O) groups is 2. The van der Waals surface area contributed by atoms with Crippen molar-refractivity contribution in [3.8, 4) is 5.75 Å². The van der Waals surface area contributed by atoms with E-state index < -0.39 is 0 Å². The number of hydrogen-bond acceptors (Lipinski definition) is 4. The number of benzene rings is 2. The summed E-state index contributed by atoms with van der Waals surface area (Å²) in [6.45, 7) is 2.89. The summed E-state index contributed by atoms with van der Waals surface area (Å²) in [7, 11) is 0. The van der Waals surface area contributed by atoms with E-state index in [0.717, 1.165) is 11.3 Å². The maximum Gasteiger partial charge on any atom is 0.255 e. The SMILES string of the molecule is CCOc1ccc(NC(=O)c2cccc(C(=O)NCc3ccncc3)c2)cc1. The zero-order valence-corrected chi connectivity index (χ0v) is 15.5. The van der Waals surface area contributed by atoms with Crippen LogP contribution in [0.5, 0.6) is 5.75 Å². The Morgan fingerprint density at radius 3 is 2.29 bits per heavy atom. The fraction of sp³-hybridized carbons (Fsp3) is 0.136. The minimum atomic E-state index is -0.284. The molecule has 142 valence electrons. The Bertz CT molecular complexity index is 941. The highest BCUT2D eigenvalue weighted by molar-refractivity contribution is 6.06. The Hall–Kier alpha value is -3.67. The summed E-state index contributed by atoms with van der Waals surface area (Å²) < 4.78 is 5.39. The number of anilines is 1. The molecule has 2 aromatic carbocycles. The normalized spacial score (nSPS) is 10.2. The van der Waals surface area contributed by atoms with Crippen LogP contribution in [-0.2, 0) is 6.54 Å². The first kappa shape index (κ1) is 19.1. The summed E-state index contributed by atoms with van der Waals surface area (Å²) in [6.07, 6.45) is 3.35. The zero-order valence-electron chi connectivity index (χ0n) is 15.5. The van der Waals surface area contributed by atoms with E-state index in [-0.39, 0.29) is 11.8 Å². The molecule has 6 nitrogen and oxygen atoms in total. The van der Waals surface area contributed by atoms with Crippen LogP contribution >= 0.6 is 0 Å². The Balaban J connectivity index is 1.63. The molecule has 28 heavy (non-hydrogen) atoms. The second kappa shape index (κ2) is 9.32.